The largest absolute Gasteiger partial charge is 0.376 e. The minimum atomic E-state index is -0.231. The van der Waals surface area contributed by atoms with Crippen LogP contribution in [-0.4, -0.2) is 71.4 Å². The van der Waals surface area contributed by atoms with Crippen LogP contribution in [-0.2, 0) is 23.1 Å². The van der Waals surface area contributed by atoms with Crippen LogP contribution in [0.3, 0.4) is 0 Å². The number of likely N-dealkylation sites (tertiary alicyclic amines) is 1. The minimum absolute atomic E-state index is 0.0406. The monoisotopic (exact) mass is 466 g/mol. The zero-order valence-electron chi connectivity index (χ0n) is 20.7. The molecule has 2 saturated heterocycles. The number of nitrogens with one attached hydrogen (secondary N) is 1. The van der Waals surface area contributed by atoms with Gasteiger partial charge in [0.1, 0.15) is 12.2 Å². The molecule has 2 aliphatic rings. The molecule has 0 saturated carbocycles. The SMILES string of the molecule is CCn1ncc(-c2nc3c(N[C@H]4CCN(C(=O)C5CCOC(C)(C)C5)C4)ncnc3n2C)c1C. The number of hydrogen-bond acceptors (Lipinski definition) is 7. The molecule has 0 spiro atoms. The summed E-state index contributed by atoms with van der Waals surface area (Å²) < 4.78 is 9.75. The zero-order valence-corrected chi connectivity index (χ0v) is 20.7. The molecule has 2 fully saturated rings. The second-order valence-corrected chi connectivity index (χ2v) is 10.1. The molecule has 0 bridgehead atoms. The Balaban J connectivity index is 1.34. The summed E-state index contributed by atoms with van der Waals surface area (Å²) in [5, 5.41) is 8.01. The van der Waals surface area contributed by atoms with Gasteiger partial charge < -0.3 is 19.5 Å². The number of carbonyl (C=O) groups excluding carboxylic acids is 1. The molecule has 1 unspecified atom stereocenters. The number of carbonyl (C=O) groups is 1. The van der Waals surface area contributed by atoms with Crippen molar-refractivity contribution < 1.29 is 9.53 Å². The Morgan fingerprint density at radius 2 is 2.12 bits per heavy atom. The van der Waals surface area contributed by atoms with Crippen LogP contribution in [0.2, 0.25) is 0 Å². The summed E-state index contributed by atoms with van der Waals surface area (Å²) in [6, 6.07) is 0.130. The smallest absolute Gasteiger partial charge is 0.225 e. The lowest BCUT2D eigenvalue weighted by Crippen LogP contribution is -2.43. The maximum absolute atomic E-state index is 13.2. The number of fused-ring (bicyclic) bond motifs is 1. The molecular weight excluding hydrogens is 432 g/mol. The van der Waals surface area contributed by atoms with Gasteiger partial charge in [-0.2, -0.15) is 5.10 Å². The third kappa shape index (κ3) is 4.04. The van der Waals surface area contributed by atoms with Crippen LogP contribution in [0.25, 0.3) is 22.6 Å². The van der Waals surface area contributed by atoms with Crippen molar-refractivity contribution in [2.45, 2.75) is 65.1 Å². The highest BCUT2D eigenvalue weighted by atomic mass is 16.5. The molecule has 5 rings (SSSR count). The highest BCUT2D eigenvalue weighted by Crippen LogP contribution is 2.32. The molecule has 1 N–H and O–H groups in total. The average molecular weight is 467 g/mol. The predicted octanol–water partition coefficient (Wildman–Crippen LogP) is 2.77. The zero-order chi connectivity index (χ0) is 24.0. The van der Waals surface area contributed by atoms with Gasteiger partial charge in [0.25, 0.3) is 0 Å². The fourth-order valence-corrected chi connectivity index (χ4v) is 5.30. The van der Waals surface area contributed by atoms with E-state index in [1.807, 2.05) is 27.4 Å². The lowest BCUT2D eigenvalue weighted by atomic mass is 9.87. The number of aromatic nitrogens is 6. The maximum Gasteiger partial charge on any atom is 0.225 e. The number of rotatable bonds is 5. The quantitative estimate of drug-likeness (QED) is 0.617. The second-order valence-electron chi connectivity index (χ2n) is 10.1. The molecule has 0 aromatic carbocycles. The van der Waals surface area contributed by atoms with Gasteiger partial charge >= 0.3 is 0 Å². The van der Waals surface area contributed by atoms with Crippen LogP contribution < -0.4 is 5.32 Å². The molecule has 3 aromatic rings. The Morgan fingerprint density at radius 1 is 1.29 bits per heavy atom. The number of aryl methyl sites for hydroxylation is 2. The maximum atomic E-state index is 13.2. The van der Waals surface area contributed by atoms with E-state index in [4.69, 9.17) is 9.72 Å². The first-order valence-corrected chi connectivity index (χ1v) is 12.2. The fraction of sp³-hybridized carbons (Fsp3) is 0.625. The van der Waals surface area contributed by atoms with Gasteiger partial charge in [0.15, 0.2) is 17.0 Å². The number of hydrogen-bond donors (Lipinski definition) is 1. The Labute approximate surface area is 199 Å². The molecule has 34 heavy (non-hydrogen) atoms. The van der Waals surface area contributed by atoms with Gasteiger partial charge in [0, 0.05) is 50.9 Å². The van der Waals surface area contributed by atoms with Crippen molar-refractivity contribution in [2.75, 3.05) is 25.0 Å². The van der Waals surface area contributed by atoms with E-state index < -0.39 is 0 Å². The predicted molar refractivity (Wildman–Crippen MR) is 129 cm³/mol. The Kier molecular flexibility index (Phi) is 5.79. The van der Waals surface area contributed by atoms with Crippen LogP contribution in [0.4, 0.5) is 5.82 Å². The Bertz CT molecular complexity index is 1210. The number of imidazole rings is 1. The van der Waals surface area contributed by atoms with E-state index in [0.29, 0.717) is 19.0 Å². The van der Waals surface area contributed by atoms with Gasteiger partial charge in [0.05, 0.1) is 17.4 Å². The first kappa shape index (κ1) is 22.8. The van der Waals surface area contributed by atoms with Crippen molar-refractivity contribution in [1.29, 1.82) is 0 Å². The van der Waals surface area contributed by atoms with E-state index in [2.05, 4.69) is 48.1 Å². The molecular formula is C24H34N8O2. The highest BCUT2D eigenvalue weighted by Gasteiger charge is 2.37. The lowest BCUT2D eigenvalue weighted by Gasteiger charge is -2.36. The molecule has 10 heteroatoms. The number of anilines is 1. The van der Waals surface area contributed by atoms with E-state index in [-0.39, 0.29) is 23.5 Å². The molecule has 5 heterocycles. The van der Waals surface area contributed by atoms with Crippen LogP contribution in [0.1, 0.15) is 45.7 Å². The fourth-order valence-electron chi connectivity index (χ4n) is 5.30. The van der Waals surface area contributed by atoms with Gasteiger partial charge in [0.2, 0.25) is 5.91 Å². The first-order chi connectivity index (χ1) is 16.3. The highest BCUT2D eigenvalue weighted by molar-refractivity contribution is 5.86. The topological polar surface area (TPSA) is 103 Å². The molecule has 0 radical (unpaired) electrons. The number of ether oxygens (including phenoxy) is 1. The number of amides is 1. The van der Waals surface area contributed by atoms with E-state index in [0.717, 1.165) is 60.6 Å². The molecule has 182 valence electrons. The van der Waals surface area contributed by atoms with Crippen molar-refractivity contribution >= 4 is 22.9 Å². The van der Waals surface area contributed by atoms with Crippen molar-refractivity contribution in [2.24, 2.45) is 13.0 Å². The van der Waals surface area contributed by atoms with Crippen LogP contribution >= 0.6 is 0 Å². The average Bonchev–Trinajstić information content (AvgIpc) is 3.51. The third-order valence-electron chi connectivity index (χ3n) is 7.19. The molecule has 10 nitrogen and oxygen atoms in total. The summed E-state index contributed by atoms with van der Waals surface area (Å²) >= 11 is 0. The summed E-state index contributed by atoms with van der Waals surface area (Å²) in [7, 11) is 1.97. The molecule has 0 aliphatic carbocycles. The van der Waals surface area contributed by atoms with Gasteiger partial charge in [-0.05, 0) is 47.0 Å². The molecule has 3 aromatic heterocycles. The summed E-state index contributed by atoms with van der Waals surface area (Å²) in [6.45, 7) is 11.1. The summed E-state index contributed by atoms with van der Waals surface area (Å²) in [4.78, 5) is 29.0. The van der Waals surface area contributed by atoms with Crippen molar-refractivity contribution in [3.05, 3.63) is 18.2 Å². The molecule has 2 atom stereocenters. The van der Waals surface area contributed by atoms with Gasteiger partial charge in [-0.15, -0.1) is 0 Å². The van der Waals surface area contributed by atoms with Gasteiger partial charge in [-0.1, -0.05) is 0 Å². The van der Waals surface area contributed by atoms with Crippen LogP contribution in [0.5, 0.6) is 0 Å². The summed E-state index contributed by atoms with van der Waals surface area (Å²) in [6.07, 6.45) is 5.89. The Morgan fingerprint density at radius 3 is 2.85 bits per heavy atom. The first-order valence-electron chi connectivity index (χ1n) is 12.2. The van der Waals surface area contributed by atoms with E-state index in [1.165, 1.54) is 0 Å². The Hall–Kier alpha value is -3.01. The normalized spacial score (nSPS) is 22.4. The molecule has 2 aliphatic heterocycles. The van der Waals surface area contributed by atoms with Crippen molar-refractivity contribution in [1.82, 2.24) is 34.2 Å². The van der Waals surface area contributed by atoms with Gasteiger partial charge in [-0.25, -0.2) is 15.0 Å². The van der Waals surface area contributed by atoms with Crippen LogP contribution in [0, 0.1) is 12.8 Å². The van der Waals surface area contributed by atoms with Crippen molar-refractivity contribution in [3.8, 4) is 11.4 Å². The third-order valence-corrected chi connectivity index (χ3v) is 7.19. The van der Waals surface area contributed by atoms with E-state index >= 15 is 0 Å². The van der Waals surface area contributed by atoms with Crippen molar-refractivity contribution in [3.63, 3.8) is 0 Å². The van der Waals surface area contributed by atoms with E-state index in [1.54, 1.807) is 6.33 Å². The summed E-state index contributed by atoms with van der Waals surface area (Å²) in [5.41, 5.74) is 3.34. The summed E-state index contributed by atoms with van der Waals surface area (Å²) in [5.74, 6) is 1.82. The van der Waals surface area contributed by atoms with Gasteiger partial charge in [-0.3, -0.25) is 9.48 Å². The standard InChI is InChI=1S/C24H34N8O2/c1-6-32-15(2)18(12-27-32)21-29-19-20(25-14-26-22(19)30(21)5)28-17-7-9-31(13-17)23(33)16-8-10-34-24(3,4)11-16/h12,14,16-17H,6-11,13H2,1-5H3,(H,25,26,28)/t16?,17-/m0/s1. The van der Waals surface area contributed by atoms with Crippen LogP contribution in [0.15, 0.2) is 12.5 Å². The molecule has 1 amide bonds. The lowest BCUT2D eigenvalue weighted by molar-refractivity contribution is -0.144. The van der Waals surface area contributed by atoms with E-state index in [9.17, 15) is 4.79 Å². The second kappa shape index (κ2) is 8.65. The minimum Gasteiger partial charge on any atom is -0.376 e. The number of nitrogens with zero attached hydrogens (tertiary/aromatic N) is 7.